The molecule has 0 radical (unpaired) electrons. The maximum atomic E-state index is 12.5. The fourth-order valence-electron chi connectivity index (χ4n) is 3.41. The van der Waals surface area contributed by atoms with E-state index in [1.165, 1.54) is 0 Å². The molecule has 0 spiro atoms. The summed E-state index contributed by atoms with van der Waals surface area (Å²) in [6.45, 7) is 4.89. The first-order chi connectivity index (χ1) is 14.9. The van der Waals surface area contributed by atoms with E-state index in [-0.39, 0.29) is 23.8 Å². The molecule has 1 fully saturated rings. The summed E-state index contributed by atoms with van der Waals surface area (Å²) in [5.41, 5.74) is 2.87. The molecule has 0 saturated carbocycles. The average Bonchev–Trinajstić information content (AvgIpc) is 2.79. The van der Waals surface area contributed by atoms with Crippen LogP contribution in [0.25, 0.3) is 0 Å². The molecule has 1 aliphatic rings. The van der Waals surface area contributed by atoms with Gasteiger partial charge >= 0.3 is 12.0 Å². The summed E-state index contributed by atoms with van der Waals surface area (Å²) < 4.78 is 5.38. The van der Waals surface area contributed by atoms with Crippen molar-refractivity contribution >= 4 is 23.6 Å². The molecule has 3 amide bonds. The molecule has 31 heavy (non-hydrogen) atoms. The van der Waals surface area contributed by atoms with Crippen molar-refractivity contribution in [3.05, 3.63) is 65.7 Å². The number of hydrogen-bond acceptors (Lipinski definition) is 4. The lowest BCUT2D eigenvalue weighted by molar-refractivity contribution is -0.160. The van der Waals surface area contributed by atoms with E-state index < -0.39 is 6.10 Å². The predicted octanol–water partition coefficient (Wildman–Crippen LogP) is 3.49. The summed E-state index contributed by atoms with van der Waals surface area (Å²) in [6.07, 6.45) is 0.162. The van der Waals surface area contributed by atoms with Crippen molar-refractivity contribution in [2.45, 2.75) is 39.3 Å². The summed E-state index contributed by atoms with van der Waals surface area (Å²) >= 11 is 0. The van der Waals surface area contributed by atoms with E-state index in [1.807, 2.05) is 61.5 Å². The van der Waals surface area contributed by atoms with Crippen molar-refractivity contribution in [1.82, 2.24) is 10.2 Å². The number of anilines is 1. The van der Waals surface area contributed by atoms with Crippen molar-refractivity contribution in [3.8, 4) is 0 Å². The van der Waals surface area contributed by atoms with Gasteiger partial charge < -0.3 is 20.3 Å². The molecular weight excluding hydrogens is 394 g/mol. The number of likely N-dealkylation sites (tertiary alicyclic amines) is 1. The van der Waals surface area contributed by atoms with E-state index in [0.717, 1.165) is 16.8 Å². The summed E-state index contributed by atoms with van der Waals surface area (Å²) in [4.78, 5) is 38.8. The van der Waals surface area contributed by atoms with E-state index in [4.69, 9.17) is 4.74 Å². The molecular formula is C24H29N3O4. The Morgan fingerprint density at radius 1 is 1.03 bits per heavy atom. The number of nitrogens with one attached hydrogen (secondary N) is 2. The van der Waals surface area contributed by atoms with Gasteiger partial charge in [0.1, 0.15) is 0 Å². The molecule has 164 valence electrons. The number of carbonyl (C=O) groups is 3. The molecule has 1 saturated heterocycles. The molecule has 1 heterocycles. The Bertz CT molecular complexity index is 891. The van der Waals surface area contributed by atoms with Crippen molar-refractivity contribution in [3.63, 3.8) is 0 Å². The average molecular weight is 424 g/mol. The van der Waals surface area contributed by atoms with Gasteiger partial charge in [0.2, 0.25) is 0 Å². The molecule has 2 aromatic rings. The molecule has 0 aliphatic carbocycles. The lowest BCUT2D eigenvalue weighted by Crippen LogP contribution is -2.44. The highest BCUT2D eigenvalue weighted by molar-refractivity contribution is 5.89. The van der Waals surface area contributed by atoms with E-state index in [2.05, 4.69) is 10.6 Å². The number of carbonyl (C=O) groups excluding carboxylic acids is 3. The minimum Gasteiger partial charge on any atom is -0.452 e. The Hall–Kier alpha value is -3.35. The quantitative estimate of drug-likeness (QED) is 0.697. The SMILES string of the molecule is Cc1ccc(CNC(=O)[C@@H](C)OC(=O)C2CCN(C(=O)Nc3ccccc3)CC2)cc1. The van der Waals surface area contributed by atoms with Gasteiger partial charge in [0.05, 0.1) is 5.92 Å². The van der Waals surface area contributed by atoms with Crippen LogP contribution in [0.5, 0.6) is 0 Å². The topological polar surface area (TPSA) is 87.7 Å². The van der Waals surface area contributed by atoms with Gasteiger partial charge in [-0.05, 0) is 44.4 Å². The smallest absolute Gasteiger partial charge is 0.321 e. The van der Waals surface area contributed by atoms with Crippen LogP contribution in [0.1, 0.15) is 30.9 Å². The highest BCUT2D eigenvalue weighted by Crippen LogP contribution is 2.20. The van der Waals surface area contributed by atoms with Crippen molar-refractivity contribution < 1.29 is 19.1 Å². The monoisotopic (exact) mass is 423 g/mol. The van der Waals surface area contributed by atoms with E-state index >= 15 is 0 Å². The first kappa shape index (κ1) is 22.3. The van der Waals surface area contributed by atoms with Gasteiger partial charge in [0.15, 0.2) is 6.10 Å². The third-order valence-electron chi connectivity index (χ3n) is 5.39. The van der Waals surface area contributed by atoms with E-state index in [1.54, 1.807) is 11.8 Å². The molecule has 1 aliphatic heterocycles. The maximum Gasteiger partial charge on any atom is 0.321 e. The number of ether oxygens (including phenoxy) is 1. The number of esters is 1. The Morgan fingerprint density at radius 2 is 1.68 bits per heavy atom. The number of rotatable bonds is 6. The van der Waals surface area contributed by atoms with Gasteiger partial charge in [-0.3, -0.25) is 9.59 Å². The molecule has 7 heteroatoms. The first-order valence-electron chi connectivity index (χ1n) is 10.6. The van der Waals surface area contributed by atoms with Gasteiger partial charge in [-0.2, -0.15) is 0 Å². The lowest BCUT2D eigenvalue weighted by Gasteiger charge is -2.31. The van der Waals surface area contributed by atoms with Crippen LogP contribution in [0.15, 0.2) is 54.6 Å². The van der Waals surface area contributed by atoms with E-state index in [0.29, 0.717) is 32.5 Å². The van der Waals surface area contributed by atoms with Crippen LogP contribution in [-0.4, -0.2) is 42.0 Å². The number of urea groups is 1. The van der Waals surface area contributed by atoms with Crippen molar-refractivity contribution in [1.29, 1.82) is 0 Å². The summed E-state index contributed by atoms with van der Waals surface area (Å²) in [5, 5.41) is 5.65. The molecule has 7 nitrogen and oxygen atoms in total. The zero-order chi connectivity index (χ0) is 22.2. The molecule has 1 atom stereocenters. The number of benzene rings is 2. The van der Waals surface area contributed by atoms with Gasteiger partial charge in [0, 0.05) is 25.3 Å². The molecule has 0 bridgehead atoms. The lowest BCUT2D eigenvalue weighted by atomic mass is 9.97. The number of amides is 3. The Balaban J connectivity index is 1.40. The van der Waals surface area contributed by atoms with Gasteiger partial charge in [-0.1, -0.05) is 48.0 Å². The van der Waals surface area contributed by atoms with Crippen LogP contribution in [0.3, 0.4) is 0 Å². The summed E-state index contributed by atoms with van der Waals surface area (Å²) in [7, 11) is 0. The van der Waals surface area contributed by atoms with Crippen LogP contribution in [0.4, 0.5) is 10.5 Å². The van der Waals surface area contributed by atoms with Gasteiger partial charge in [-0.15, -0.1) is 0 Å². The molecule has 2 N–H and O–H groups in total. The van der Waals surface area contributed by atoms with Crippen LogP contribution < -0.4 is 10.6 Å². The number of nitrogens with zero attached hydrogens (tertiary/aromatic N) is 1. The Morgan fingerprint density at radius 3 is 2.32 bits per heavy atom. The zero-order valence-corrected chi connectivity index (χ0v) is 18.0. The number of piperidine rings is 1. The second-order valence-electron chi connectivity index (χ2n) is 7.84. The third-order valence-corrected chi connectivity index (χ3v) is 5.39. The minimum absolute atomic E-state index is 0.179. The molecule has 0 unspecified atom stereocenters. The molecule has 0 aromatic heterocycles. The number of para-hydroxylation sites is 1. The Kier molecular flexibility index (Phi) is 7.65. The largest absolute Gasteiger partial charge is 0.452 e. The van der Waals surface area contributed by atoms with Crippen LogP contribution in [0, 0.1) is 12.8 Å². The standard InChI is InChI=1S/C24H29N3O4/c1-17-8-10-19(11-9-17)16-25-22(28)18(2)31-23(29)20-12-14-27(15-13-20)24(30)26-21-6-4-3-5-7-21/h3-11,18,20H,12-16H2,1-2H3,(H,25,28)(H,26,30)/t18-/m1/s1. The fraction of sp³-hybridized carbons (Fsp3) is 0.375. The van der Waals surface area contributed by atoms with E-state index in [9.17, 15) is 14.4 Å². The van der Waals surface area contributed by atoms with Crippen LogP contribution in [0.2, 0.25) is 0 Å². The summed E-state index contributed by atoms with van der Waals surface area (Å²) in [6, 6.07) is 16.9. The molecule has 2 aromatic carbocycles. The Labute approximate surface area is 182 Å². The van der Waals surface area contributed by atoms with Gasteiger partial charge in [0.25, 0.3) is 5.91 Å². The molecule has 3 rings (SSSR count). The summed E-state index contributed by atoms with van der Waals surface area (Å²) in [5.74, 6) is -1.03. The predicted molar refractivity (Wildman–Crippen MR) is 118 cm³/mol. The second-order valence-corrected chi connectivity index (χ2v) is 7.84. The van der Waals surface area contributed by atoms with Gasteiger partial charge in [-0.25, -0.2) is 4.79 Å². The highest BCUT2D eigenvalue weighted by Gasteiger charge is 2.30. The second kappa shape index (κ2) is 10.6. The van der Waals surface area contributed by atoms with Crippen LogP contribution in [-0.2, 0) is 20.9 Å². The number of hydrogen-bond donors (Lipinski definition) is 2. The third kappa shape index (κ3) is 6.57. The van der Waals surface area contributed by atoms with Crippen molar-refractivity contribution in [2.24, 2.45) is 5.92 Å². The normalized spacial score (nSPS) is 15.1. The number of aryl methyl sites for hydroxylation is 1. The first-order valence-corrected chi connectivity index (χ1v) is 10.6. The van der Waals surface area contributed by atoms with Crippen LogP contribution >= 0.6 is 0 Å². The zero-order valence-electron chi connectivity index (χ0n) is 18.0. The minimum atomic E-state index is -0.864. The van der Waals surface area contributed by atoms with Crippen molar-refractivity contribution in [2.75, 3.05) is 18.4 Å². The fourth-order valence-corrected chi connectivity index (χ4v) is 3.41. The highest BCUT2D eigenvalue weighted by atomic mass is 16.5. The maximum absolute atomic E-state index is 12.5.